The molecule has 1 saturated heterocycles. The lowest BCUT2D eigenvalue weighted by molar-refractivity contribution is 0.0962. The van der Waals surface area contributed by atoms with E-state index >= 15 is 0 Å². The predicted octanol–water partition coefficient (Wildman–Crippen LogP) is 3.46. The van der Waals surface area contributed by atoms with E-state index in [4.69, 9.17) is 4.74 Å². The summed E-state index contributed by atoms with van der Waals surface area (Å²) in [5.74, 6) is 6.80. The van der Waals surface area contributed by atoms with Crippen LogP contribution in [0, 0.1) is 11.8 Å². The maximum absolute atomic E-state index is 14.6. The molecule has 3 aromatic rings. The van der Waals surface area contributed by atoms with Crippen molar-refractivity contribution in [2.75, 3.05) is 51.5 Å². The van der Waals surface area contributed by atoms with Gasteiger partial charge in [-0.3, -0.25) is 4.79 Å². The minimum Gasteiger partial charge on any atom is -0.495 e. The van der Waals surface area contributed by atoms with Gasteiger partial charge in [0.15, 0.2) is 0 Å². The number of rotatable bonds is 6. The number of methoxy groups -OCH3 is 1. The van der Waals surface area contributed by atoms with Gasteiger partial charge in [-0.1, -0.05) is 12.0 Å². The third-order valence-electron chi connectivity index (χ3n) is 6.45. The Labute approximate surface area is 205 Å². The number of aryl methyl sites for hydroxylation is 1. The van der Waals surface area contributed by atoms with Gasteiger partial charge >= 0.3 is 0 Å². The first-order valence-corrected chi connectivity index (χ1v) is 11.7. The van der Waals surface area contributed by atoms with Gasteiger partial charge in [0.25, 0.3) is 5.91 Å². The average Bonchev–Trinajstić information content (AvgIpc) is 3.19. The van der Waals surface area contributed by atoms with E-state index in [2.05, 4.69) is 27.8 Å². The molecule has 8 heteroatoms. The van der Waals surface area contributed by atoms with Crippen LogP contribution < -0.4 is 20.7 Å². The van der Waals surface area contributed by atoms with Crippen molar-refractivity contribution in [1.82, 2.24) is 14.8 Å². The van der Waals surface area contributed by atoms with Crippen molar-refractivity contribution >= 4 is 28.2 Å². The smallest absolute Gasteiger partial charge is 0.251 e. The molecule has 1 aliphatic rings. The molecule has 4 rings (SSSR count). The molecule has 2 aromatic carbocycles. The second kappa shape index (κ2) is 10.7. The molecular formula is C27H32FN5O2. The zero-order valence-corrected chi connectivity index (χ0v) is 20.6. The topological polar surface area (TPSA) is 70.6 Å². The average molecular weight is 478 g/mol. The molecule has 1 amide bonds. The fourth-order valence-electron chi connectivity index (χ4n) is 4.42. The van der Waals surface area contributed by atoms with E-state index in [-0.39, 0.29) is 11.9 Å². The molecule has 0 saturated carbocycles. The third-order valence-corrected chi connectivity index (χ3v) is 6.45. The molecule has 0 bridgehead atoms. The quantitative estimate of drug-likeness (QED) is 0.475. The molecule has 1 aliphatic heterocycles. The minimum absolute atomic E-state index is 0.169. The van der Waals surface area contributed by atoms with E-state index in [9.17, 15) is 9.18 Å². The van der Waals surface area contributed by atoms with Crippen LogP contribution in [0.1, 0.15) is 22.5 Å². The van der Waals surface area contributed by atoms with E-state index in [1.807, 2.05) is 47.8 Å². The molecule has 7 nitrogen and oxygen atoms in total. The number of likely N-dealkylation sites (tertiary alicyclic amines) is 1. The summed E-state index contributed by atoms with van der Waals surface area (Å²) in [5, 5.41) is 10.3. The van der Waals surface area contributed by atoms with E-state index in [0.29, 0.717) is 24.4 Å². The predicted molar refractivity (Wildman–Crippen MR) is 139 cm³/mol. The summed E-state index contributed by atoms with van der Waals surface area (Å²) in [6, 6.07) is 13.1. The summed E-state index contributed by atoms with van der Waals surface area (Å²) < 4.78 is 22.0. The van der Waals surface area contributed by atoms with Crippen LogP contribution in [-0.4, -0.2) is 68.4 Å². The number of fused-ring (bicyclic) bond motifs is 1. The van der Waals surface area contributed by atoms with Crippen molar-refractivity contribution in [3.8, 4) is 17.6 Å². The Hall–Kier alpha value is -3.70. The lowest BCUT2D eigenvalue weighted by Crippen LogP contribution is -2.46. The number of anilines is 2. The summed E-state index contributed by atoms with van der Waals surface area (Å²) in [6.07, 6.45) is -0.132. The number of alkyl halides is 1. The van der Waals surface area contributed by atoms with Crippen LogP contribution in [0.4, 0.5) is 15.8 Å². The maximum atomic E-state index is 14.6. The highest BCUT2D eigenvalue weighted by molar-refractivity contribution is 5.95. The van der Waals surface area contributed by atoms with Gasteiger partial charge in [0.1, 0.15) is 11.9 Å². The fourth-order valence-corrected chi connectivity index (χ4v) is 4.42. The molecule has 3 N–H and O–H groups in total. The molecule has 35 heavy (non-hydrogen) atoms. The van der Waals surface area contributed by atoms with Gasteiger partial charge in [-0.25, -0.2) is 4.39 Å². The van der Waals surface area contributed by atoms with Crippen molar-refractivity contribution < 1.29 is 13.9 Å². The van der Waals surface area contributed by atoms with Crippen molar-refractivity contribution in [3.05, 3.63) is 53.7 Å². The maximum Gasteiger partial charge on any atom is 0.251 e. The van der Waals surface area contributed by atoms with Gasteiger partial charge in [-0.05, 0) is 55.8 Å². The van der Waals surface area contributed by atoms with E-state index in [1.165, 1.54) is 0 Å². The van der Waals surface area contributed by atoms with Gasteiger partial charge in [0.05, 0.1) is 36.6 Å². The Morgan fingerprint density at radius 2 is 2.03 bits per heavy atom. The number of nitrogens with one attached hydrogen (secondary N) is 3. The van der Waals surface area contributed by atoms with Crippen LogP contribution in [0.2, 0.25) is 0 Å². The SMILES string of the molecule is CNC(=O)c1ccc(NCC#Cc2cc3c(N[C@H]4CCN(C)C[C@H]4F)cccc3n2C)c(OC)c1. The first-order valence-electron chi connectivity index (χ1n) is 11.7. The van der Waals surface area contributed by atoms with Crippen molar-refractivity contribution in [2.45, 2.75) is 18.6 Å². The molecule has 0 unspecified atom stereocenters. The lowest BCUT2D eigenvalue weighted by atomic mass is 10.0. The number of halogens is 1. The number of ether oxygens (including phenoxy) is 1. The summed E-state index contributed by atoms with van der Waals surface area (Å²) in [4.78, 5) is 13.9. The monoisotopic (exact) mass is 477 g/mol. The van der Waals surface area contributed by atoms with Crippen LogP contribution >= 0.6 is 0 Å². The number of hydrogen-bond acceptors (Lipinski definition) is 5. The molecule has 1 fully saturated rings. The second-order valence-electron chi connectivity index (χ2n) is 8.79. The molecule has 0 radical (unpaired) electrons. The van der Waals surface area contributed by atoms with E-state index in [1.54, 1.807) is 32.4 Å². The second-order valence-corrected chi connectivity index (χ2v) is 8.79. The Morgan fingerprint density at radius 3 is 2.77 bits per heavy atom. The minimum atomic E-state index is -0.902. The van der Waals surface area contributed by atoms with Gasteiger partial charge in [0, 0.05) is 43.8 Å². The first-order chi connectivity index (χ1) is 16.9. The van der Waals surface area contributed by atoms with Crippen molar-refractivity contribution in [3.63, 3.8) is 0 Å². The Balaban J connectivity index is 1.48. The number of nitrogens with zero attached hydrogens (tertiary/aromatic N) is 2. The van der Waals surface area contributed by atoms with Crippen molar-refractivity contribution in [2.24, 2.45) is 7.05 Å². The van der Waals surface area contributed by atoms with Crippen LogP contribution in [0.5, 0.6) is 5.75 Å². The Kier molecular flexibility index (Phi) is 7.47. The number of carbonyl (C=O) groups is 1. The highest BCUT2D eigenvalue weighted by Crippen LogP contribution is 2.29. The molecule has 0 aliphatic carbocycles. The molecule has 2 heterocycles. The number of amides is 1. The van der Waals surface area contributed by atoms with E-state index < -0.39 is 6.17 Å². The molecular weight excluding hydrogens is 445 g/mol. The number of piperidine rings is 1. The zero-order chi connectivity index (χ0) is 24.9. The van der Waals surface area contributed by atoms with Crippen LogP contribution in [0.15, 0.2) is 42.5 Å². The van der Waals surface area contributed by atoms with Crippen LogP contribution in [-0.2, 0) is 7.05 Å². The van der Waals surface area contributed by atoms with Gasteiger partial charge in [-0.15, -0.1) is 0 Å². The largest absolute Gasteiger partial charge is 0.495 e. The summed E-state index contributed by atoms with van der Waals surface area (Å²) >= 11 is 0. The lowest BCUT2D eigenvalue weighted by Gasteiger charge is -2.33. The van der Waals surface area contributed by atoms with Crippen molar-refractivity contribution in [1.29, 1.82) is 0 Å². The van der Waals surface area contributed by atoms with Gasteiger partial charge in [0.2, 0.25) is 0 Å². The third kappa shape index (κ3) is 5.36. The molecule has 2 atom stereocenters. The number of benzene rings is 2. The first kappa shape index (κ1) is 24.4. The van der Waals surface area contributed by atoms with Crippen LogP contribution in [0.25, 0.3) is 10.9 Å². The highest BCUT2D eigenvalue weighted by atomic mass is 19.1. The van der Waals surface area contributed by atoms with Crippen LogP contribution in [0.3, 0.4) is 0 Å². The summed E-state index contributed by atoms with van der Waals surface area (Å²) in [5.41, 5.74) is 4.14. The molecule has 0 spiro atoms. The number of aromatic nitrogens is 1. The molecule has 1 aromatic heterocycles. The van der Waals surface area contributed by atoms with Gasteiger partial charge in [-0.2, -0.15) is 0 Å². The zero-order valence-electron chi connectivity index (χ0n) is 20.6. The standard InChI is InChI=1S/C27H32FN5O2/c1-29-27(34)18-10-11-24(26(15-18)35-4)30-13-6-7-19-16-20-22(8-5-9-25(20)33(19)3)31-23-12-14-32(2)17-21(23)28/h5,8-11,15-16,21,23,30-31H,12-14,17H2,1-4H3,(H,29,34)/t21-,23+/m1/s1. The number of carbonyl (C=O) groups excluding carboxylic acids is 1. The highest BCUT2D eigenvalue weighted by Gasteiger charge is 2.27. The number of hydrogen-bond donors (Lipinski definition) is 3. The van der Waals surface area contributed by atoms with Gasteiger partial charge < -0.3 is 30.2 Å². The Bertz CT molecular complexity index is 1280. The molecule has 184 valence electrons. The normalized spacial score (nSPS) is 18.0. The summed E-state index contributed by atoms with van der Waals surface area (Å²) in [7, 11) is 7.10. The van der Waals surface area contributed by atoms with E-state index in [0.717, 1.165) is 40.9 Å². The fraction of sp³-hybridized carbons (Fsp3) is 0.370. The Morgan fingerprint density at radius 1 is 1.20 bits per heavy atom. The summed E-state index contributed by atoms with van der Waals surface area (Å²) in [6.45, 7) is 1.73.